The number of aromatic hydroxyl groups is 23. The number of carbonyl (C=O) groups is 5. The van der Waals surface area contributed by atoms with Crippen LogP contribution in [0, 0.1) is 0 Å². The Balaban J connectivity index is 1.08. The Morgan fingerprint density at radius 3 is 1.23 bits per heavy atom. The van der Waals surface area contributed by atoms with E-state index in [0.29, 0.717) is 18.2 Å². The lowest BCUT2D eigenvalue weighted by atomic mass is 9.71. The Labute approximate surface area is 597 Å². The van der Waals surface area contributed by atoms with Crippen molar-refractivity contribution >= 4 is 29.8 Å². The summed E-state index contributed by atoms with van der Waals surface area (Å²) >= 11 is 0. The molecular weight excluding hydrogens is 1440 g/mol. The minimum atomic E-state index is -3.22. The van der Waals surface area contributed by atoms with Crippen molar-refractivity contribution < 1.29 is 185 Å². The molecule has 37 nitrogen and oxygen atoms in total. The summed E-state index contributed by atoms with van der Waals surface area (Å²) in [6, 6.07) is 7.72. The van der Waals surface area contributed by atoms with E-state index in [4.69, 9.17) is 33.2 Å². The van der Waals surface area contributed by atoms with E-state index < -0.39 is 336 Å². The highest BCUT2D eigenvalue weighted by Gasteiger charge is 2.59. The zero-order valence-corrected chi connectivity index (χ0v) is 53.6. The van der Waals surface area contributed by atoms with E-state index in [-0.39, 0.29) is 23.3 Å². The Hall–Kier alpha value is -14.8. The molecule has 0 fully saturated rings. The first-order valence-electron chi connectivity index (χ1n) is 31.4. The van der Waals surface area contributed by atoms with Crippen molar-refractivity contribution in [3.05, 3.63) is 133 Å². The van der Waals surface area contributed by atoms with Gasteiger partial charge in [-0.3, -0.25) is 0 Å². The van der Waals surface area contributed by atoms with Crippen LogP contribution in [-0.2, 0) is 30.1 Å². The molecule has 0 radical (unpaired) electrons. The number of esters is 5. The molecule has 108 heavy (non-hydrogen) atoms. The lowest BCUT2D eigenvalue weighted by Crippen LogP contribution is -2.56. The van der Waals surface area contributed by atoms with E-state index in [1.165, 1.54) is 6.07 Å². The van der Waals surface area contributed by atoms with Gasteiger partial charge in [0.1, 0.15) is 53.3 Å². The Bertz CT molecular complexity index is 5600. The Kier molecular flexibility index (Phi) is 15.3. The van der Waals surface area contributed by atoms with Crippen LogP contribution >= 0.6 is 0 Å². The second-order valence-corrected chi connectivity index (χ2v) is 25.6. The maximum Gasteiger partial charge on any atom is 0.340 e. The minimum Gasteiger partial charge on any atom is -0.507 e. The average Bonchev–Trinajstić information content (AvgIpc) is 0.823. The quantitative estimate of drug-likeness (QED) is 0.0643. The van der Waals surface area contributed by atoms with Crippen LogP contribution in [0.3, 0.4) is 0 Å². The highest BCUT2D eigenvalue weighted by molar-refractivity contribution is 6.17. The third kappa shape index (κ3) is 9.74. The molecule has 0 aliphatic carbocycles. The van der Waals surface area contributed by atoms with Gasteiger partial charge in [0.2, 0.25) is 28.7 Å². The zero-order valence-electron chi connectivity index (χ0n) is 53.6. The predicted octanol–water partition coefficient (Wildman–Crippen LogP) is 4.72. The van der Waals surface area contributed by atoms with E-state index in [1.807, 2.05) is 0 Å². The van der Waals surface area contributed by atoms with Gasteiger partial charge >= 0.3 is 29.8 Å². The fourth-order valence-corrected chi connectivity index (χ4v) is 14.8. The lowest BCUT2D eigenvalue weighted by Gasteiger charge is -2.45. The molecule has 6 bridgehead atoms. The van der Waals surface area contributed by atoms with Crippen LogP contribution in [0.1, 0.15) is 115 Å². The molecular formula is C71H50O37. The number of carbonyl (C=O) groups excluding carboxylic acids is 5. The first-order chi connectivity index (χ1) is 51.0. The number of fused-ring (bicyclic) bond motifs is 9. The summed E-state index contributed by atoms with van der Waals surface area (Å²) in [6.45, 7) is -1.75. The van der Waals surface area contributed by atoms with Gasteiger partial charge in [-0.25, -0.2) is 24.0 Å². The fourth-order valence-electron chi connectivity index (χ4n) is 14.8. The molecule has 0 saturated carbocycles. The van der Waals surface area contributed by atoms with Gasteiger partial charge in [0.05, 0.1) is 45.8 Å². The number of cyclic esters (lactones) is 1. The molecule has 1 unspecified atom stereocenters. The highest BCUT2D eigenvalue weighted by atomic mass is 16.6. The molecule has 0 amide bonds. The molecule has 7 aliphatic heterocycles. The molecule has 37 heteroatoms. The van der Waals surface area contributed by atoms with Gasteiger partial charge < -0.3 is 161 Å². The maximum absolute atomic E-state index is 16.3. The molecule has 0 saturated heterocycles. The van der Waals surface area contributed by atoms with E-state index in [2.05, 4.69) is 0 Å². The van der Waals surface area contributed by atoms with Crippen LogP contribution in [0.15, 0.2) is 66.7 Å². The molecule has 16 rings (SSSR count). The number of hydrogen-bond acceptors (Lipinski definition) is 37. The summed E-state index contributed by atoms with van der Waals surface area (Å²) in [5.74, 6) is -50.0. The molecule has 10 atom stereocenters. The number of phenols is 23. The van der Waals surface area contributed by atoms with Crippen LogP contribution in [-0.4, -0.2) is 201 Å². The summed E-state index contributed by atoms with van der Waals surface area (Å²) in [5.41, 5.74) is -20.7. The second-order valence-electron chi connectivity index (χ2n) is 25.6. The van der Waals surface area contributed by atoms with Crippen molar-refractivity contribution in [3.8, 4) is 177 Å². The van der Waals surface area contributed by atoms with Crippen molar-refractivity contribution in [2.45, 2.75) is 67.1 Å². The summed E-state index contributed by atoms with van der Waals surface area (Å²) in [6.07, 6.45) is -20.9. The highest BCUT2D eigenvalue weighted by Crippen LogP contribution is 2.67. The summed E-state index contributed by atoms with van der Waals surface area (Å²) in [5, 5.41) is 292. The molecule has 7 heterocycles. The van der Waals surface area contributed by atoms with Crippen molar-refractivity contribution in [2.24, 2.45) is 0 Å². The van der Waals surface area contributed by atoms with Gasteiger partial charge in [-0.15, -0.1) is 0 Å². The maximum atomic E-state index is 16.3. The van der Waals surface area contributed by atoms with Gasteiger partial charge in [0, 0.05) is 79.8 Å². The molecule has 0 spiro atoms. The summed E-state index contributed by atoms with van der Waals surface area (Å²) in [7, 11) is 0. The largest absolute Gasteiger partial charge is 0.507 e. The summed E-state index contributed by atoms with van der Waals surface area (Å²) < 4.78 is 43.1. The first kappa shape index (κ1) is 69.0. The third-order valence-corrected chi connectivity index (χ3v) is 19.7. The van der Waals surface area contributed by atoms with Crippen LogP contribution < -0.4 is 9.47 Å². The average molecular weight is 1500 g/mol. The van der Waals surface area contributed by atoms with Crippen LogP contribution in [0.4, 0.5) is 0 Å². The SMILES string of the molecule is O=C1OC[C@H]2OC(=O)c3cc(O)c(O)c(O)c3-c3c(O)c(O)c(O)c4c3C(=O)OC([C@@H]3OC(=O)c5c-4c(O)c(O)c(O)c5[C@H]3c3c(O)cc(O)c4c3O[C@H](c3ccc(O)c(O)c3)[C@@H](O)[C@@H]4c3c(O)cc(O)c4c3O[C@H](c3ccc(O)c(O)c3)[C@@H](O)C4)[C@@H]2OC(=O)c2cc(O)c(O)c(O)c2-c2c1cc(O)c(O)c2O. The Morgan fingerprint density at radius 1 is 0.287 bits per heavy atom. The molecule has 7 aliphatic rings. The fraction of sp³-hybridized carbons (Fsp3) is 0.169. The summed E-state index contributed by atoms with van der Waals surface area (Å²) in [4.78, 5) is 78.2. The van der Waals surface area contributed by atoms with Gasteiger partial charge in [-0.1, -0.05) is 12.1 Å². The van der Waals surface area contributed by atoms with Crippen molar-refractivity contribution in [1.82, 2.24) is 0 Å². The number of aliphatic hydroxyl groups excluding tert-OH is 2. The minimum absolute atomic E-state index is 0.0928. The number of aliphatic hydroxyl groups is 2. The third-order valence-electron chi connectivity index (χ3n) is 19.7. The first-order valence-corrected chi connectivity index (χ1v) is 31.4. The molecule has 0 aromatic heterocycles. The smallest absolute Gasteiger partial charge is 0.340 e. The van der Waals surface area contributed by atoms with Crippen molar-refractivity contribution in [2.75, 3.05) is 6.61 Å². The van der Waals surface area contributed by atoms with Crippen LogP contribution in [0.5, 0.6) is 144 Å². The molecule has 9 aromatic rings. The normalized spacial score (nSPS) is 21.7. The van der Waals surface area contributed by atoms with Crippen molar-refractivity contribution in [3.63, 3.8) is 0 Å². The Morgan fingerprint density at radius 2 is 0.694 bits per heavy atom. The van der Waals surface area contributed by atoms with E-state index in [0.717, 1.165) is 30.3 Å². The molecule has 25 N–H and O–H groups in total. The standard InChI is InChI=1S/C71H50O37/c72-20-3-1-14(5-23(20)75)60-31(83)7-16-22(74)11-25(77)36(62(16)104-60)40-37-26(78)12-27(79)38(64(37)105-61(57(40)94)15-2-4-21(73)24(76)6-15)44-43-46-42(55(92)59(96)56(43)93)41-45-39(53(90)58(95)54(41)91)35-19(10-30(82)49(86)52(35)89)68(98)103-32-13-102-67(97)17-8-28(80)47(84)50(87)33(17)34-18(9-29(81)48(85)51(34)88)69(99)106-63(32)66(108-71(45)101)65(44)107-70(46)100/h1-6,8-12,31-32,40,44,57,60-61,63,65-66,72-96H,7,13H2/t31-,32+,40+,44+,57-,60+,61+,63+,65+,66?/m0/s1. The van der Waals surface area contributed by atoms with E-state index in [1.54, 1.807) is 0 Å². The monoisotopic (exact) mass is 1490 g/mol. The predicted molar refractivity (Wildman–Crippen MR) is 346 cm³/mol. The van der Waals surface area contributed by atoms with Crippen LogP contribution in [0.2, 0.25) is 0 Å². The topological polar surface area (TPSA) is 656 Å². The van der Waals surface area contributed by atoms with E-state index in [9.17, 15) is 132 Å². The number of phenolic OH excluding ortho intramolecular Hbond substituents is 23. The number of hydrogen-bond donors (Lipinski definition) is 25. The van der Waals surface area contributed by atoms with Gasteiger partial charge in [-0.2, -0.15) is 0 Å². The molecule has 556 valence electrons. The number of benzene rings is 9. The van der Waals surface area contributed by atoms with Gasteiger partial charge in [0.25, 0.3) is 0 Å². The van der Waals surface area contributed by atoms with Crippen LogP contribution in [0.25, 0.3) is 33.4 Å². The van der Waals surface area contributed by atoms with E-state index >= 15 is 19.2 Å². The van der Waals surface area contributed by atoms with Gasteiger partial charge in [-0.05, 0) is 53.6 Å². The number of ether oxygens (including phenoxy) is 7. The zero-order chi connectivity index (χ0) is 77.6. The second kappa shape index (κ2) is 23.9. The van der Waals surface area contributed by atoms with Crippen molar-refractivity contribution in [1.29, 1.82) is 0 Å². The molecule has 9 aromatic carbocycles. The number of rotatable bonds is 4. The van der Waals surface area contributed by atoms with Gasteiger partial charge in [0.15, 0.2) is 111 Å². The lowest BCUT2D eigenvalue weighted by molar-refractivity contribution is -0.135.